The molecule has 4 aliphatic carbocycles. The lowest BCUT2D eigenvalue weighted by Gasteiger charge is -2.70. The third-order valence-corrected chi connectivity index (χ3v) is 11.8. The van der Waals surface area contributed by atoms with Crippen LogP contribution in [0.15, 0.2) is 23.0 Å². The Morgan fingerprint density at radius 2 is 1.65 bits per heavy atom. The van der Waals surface area contributed by atoms with Crippen molar-refractivity contribution < 1.29 is 24.5 Å². The molecule has 172 valence electrons. The monoisotopic (exact) mass is 430 g/mol. The van der Waals surface area contributed by atoms with E-state index >= 15 is 0 Å². The molecule has 4 saturated carbocycles. The second-order valence-corrected chi connectivity index (χ2v) is 12.7. The highest BCUT2D eigenvalue weighted by Gasteiger charge is 2.87. The maximum Gasteiger partial charge on any atom is 0.109 e. The molecule has 5 aliphatic rings. The number of epoxide rings is 1. The van der Waals surface area contributed by atoms with Gasteiger partial charge in [0.1, 0.15) is 5.60 Å². The SMILES string of the molecule is CC1(C)[C@H](O)C[C@H](O)[C@@]2(C)[C@H]1C[C@@H](O)[C@]1(C)[C@H]2CC[C@@]2(C)[C@@H](c3ccoc3)C[C@H]3O[C@@]312. The van der Waals surface area contributed by atoms with E-state index in [1.165, 1.54) is 5.56 Å². The highest BCUT2D eigenvalue weighted by molar-refractivity contribution is 5.39. The van der Waals surface area contributed by atoms with Gasteiger partial charge in [0.25, 0.3) is 0 Å². The van der Waals surface area contributed by atoms with E-state index in [-0.39, 0.29) is 39.8 Å². The highest BCUT2D eigenvalue weighted by Crippen LogP contribution is 2.82. The smallest absolute Gasteiger partial charge is 0.109 e. The van der Waals surface area contributed by atoms with Gasteiger partial charge in [0.2, 0.25) is 0 Å². The van der Waals surface area contributed by atoms with Crippen molar-refractivity contribution in [3.63, 3.8) is 0 Å². The minimum Gasteiger partial charge on any atom is -0.472 e. The number of rotatable bonds is 1. The molecule has 3 N–H and O–H groups in total. The first kappa shape index (κ1) is 20.7. The van der Waals surface area contributed by atoms with E-state index in [9.17, 15) is 15.3 Å². The Kier molecular flexibility index (Phi) is 3.86. The lowest BCUT2D eigenvalue weighted by molar-refractivity contribution is -0.283. The number of ether oxygens (including phenoxy) is 1. The summed E-state index contributed by atoms with van der Waals surface area (Å²) >= 11 is 0. The van der Waals surface area contributed by atoms with Crippen LogP contribution in [0.1, 0.15) is 78.2 Å². The van der Waals surface area contributed by atoms with Crippen LogP contribution in [0.25, 0.3) is 0 Å². The van der Waals surface area contributed by atoms with Gasteiger partial charge in [0.05, 0.1) is 36.9 Å². The lowest BCUT2D eigenvalue weighted by atomic mass is 9.35. The van der Waals surface area contributed by atoms with Crippen LogP contribution in [0.3, 0.4) is 0 Å². The Bertz CT molecular complexity index is 896. The van der Waals surface area contributed by atoms with Gasteiger partial charge in [-0.1, -0.05) is 34.6 Å². The van der Waals surface area contributed by atoms with E-state index in [1.54, 1.807) is 6.26 Å². The molecule has 1 aromatic rings. The lowest BCUT2D eigenvalue weighted by Crippen LogP contribution is -2.73. The third-order valence-electron chi connectivity index (χ3n) is 11.8. The molecule has 1 aliphatic heterocycles. The van der Waals surface area contributed by atoms with E-state index in [0.717, 1.165) is 19.3 Å². The number of hydrogen-bond donors (Lipinski definition) is 3. The van der Waals surface area contributed by atoms with Crippen LogP contribution in [0.5, 0.6) is 0 Å². The Hall–Kier alpha value is -0.880. The van der Waals surface area contributed by atoms with Crippen LogP contribution in [-0.4, -0.2) is 45.3 Å². The molecule has 0 radical (unpaired) electrons. The zero-order valence-electron chi connectivity index (χ0n) is 19.5. The second-order valence-electron chi connectivity index (χ2n) is 12.7. The second kappa shape index (κ2) is 5.78. The average molecular weight is 431 g/mol. The van der Waals surface area contributed by atoms with E-state index < -0.39 is 23.7 Å². The van der Waals surface area contributed by atoms with Crippen LogP contribution >= 0.6 is 0 Å². The average Bonchev–Trinajstić information content (AvgIpc) is 3.07. The van der Waals surface area contributed by atoms with Gasteiger partial charge in [-0.25, -0.2) is 0 Å². The zero-order chi connectivity index (χ0) is 22.2. The third kappa shape index (κ3) is 2.01. The van der Waals surface area contributed by atoms with Crippen LogP contribution in [0.4, 0.5) is 0 Å². The molecule has 5 fully saturated rings. The minimum atomic E-state index is -0.568. The first-order valence-electron chi connectivity index (χ1n) is 12.2. The summed E-state index contributed by atoms with van der Waals surface area (Å²) in [6.45, 7) is 11.1. The summed E-state index contributed by atoms with van der Waals surface area (Å²) in [5.41, 5.74) is -0.293. The Labute approximate surface area is 185 Å². The summed E-state index contributed by atoms with van der Waals surface area (Å²) in [5, 5.41) is 34.1. The van der Waals surface area contributed by atoms with Gasteiger partial charge < -0.3 is 24.5 Å². The molecule has 31 heavy (non-hydrogen) atoms. The standard InChI is InChI=1S/C26H38O5/c1-22(2)17-11-20(29)25(5)16(24(17,4)19(28)12-18(22)27)6-8-23(3)15(14-7-9-30-13-14)10-21-26(23,25)31-21/h7,9,13,15-21,27-29H,6,8,10-12H2,1-5H3/t15-,16+,17+,18-,19+,20-,21-,23+,24-,25+,26-/m1/s1. The summed E-state index contributed by atoms with van der Waals surface area (Å²) in [6, 6.07) is 2.09. The number of aliphatic hydroxyl groups excluding tert-OH is 3. The fourth-order valence-corrected chi connectivity index (χ4v) is 10.0. The van der Waals surface area contributed by atoms with Gasteiger partial charge in [0, 0.05) is 22.7 Å². The van der Waals surface area contributed by atoms with Gasteiger partial charge in [-0.3, -0.25) is 0 Å². The number of furan rings is 1. The molecule has 11 atom stereocenters. The molecule has 0 bridgehead atoms. The van der Waals surface area contributed by atoms with Crippen molar-refractivity contribution in [2.45, 2.75) is 103 Å². The highest BCUT2D eigenvalue weighted by atomic mass is 16.6. The summed E-state index contributed by atoms with van der Waals surface area (Å²) in [4.78, 5) is 0. The summed E-state index contributed by atoms with van der Waals surface area (Å²) in [6.07, 6.45) is 6.13. The number of fused-ring (bicyclic) bond motifs is 3. The van der Waals surface area contributed by atoms with Crippen molar-refractivity contribution in [2.24, 2.45) is 33.5 Å². The fourth-order valence-electron chi connectivity index (χ4n) is 10.0. The van der Waals surface area contributed by atoms with Gasteiger partial charge >= 0.3 is 0 Å². The molecule has 5 nitrogen and oxygen atoms in total. The zero-order valence-corrected chi connectivity index (χ0v) is 19.5. The Morgan fingerprint density at radius 1 is 0.903 bits per heavy atom. The van der Waals surface area contributed by atoms with Gasteiger partial charge in [-0.2, -0.15) is 0 Å². The first-order chi connectivity index (χ1) is 14.5. The Morgan fingerprint density at radius 3 is 2.32 bits per heavy atom. The van der Waals surface area contributed by atoms with Crippen molar-refractivity contribution in [2.75, 3.05) is 0 Å². The van der Waals surface area contributed by atoms with Crippen molar-refractivity contribution in [1.82, 2.24) is 0 Å². The molecular formula is C26H38O5. The quantitative estimate of drug-likeness (QED) is 0.589. The van der Waals surface area contributed by atoms with Crippen molar-refractivity contribution in [1.29, 1.82) is 0 Å². The first-order valence-corrected chi connectivity index (χ1v) is 12.2. The van der Waals surface area contributed by atoms with Crippen LogP contribution in [0, 0.1) is 33.5 Å². The summed E-state index contributed by atoms with van der Waals surface area (Å²) < 4.78 is 12.1. The molecule has 5 heteroatoms. The van der Waals surface area contributed by atoms with Crippen molar-refractivity contribution >= 4 is 0 Å². The van der Waals surface area contributed by atoms with Crippen LogP contribution in [0.2, 0.25) is 0 Å². The molecule has 1 aromatic heterocycles. The normalized spacial score (nSPS) is 59.3. The van der Waals surface area contributed by atoms with E-state index in [4.69, 9.17) is 9.15 Å². The molecule has 6 rings (SSSR count). The molecule has 1 saturated heterocycles. The van der Waals surface area contributed by atoms with E-state index in [0.29, 0.717) is 18.8 Å². The molecule has 0 unspecified atom stereocenters. The molecule has 0 amide bonds. The van der Waals surface area contributed by atoms with Gasteiger partial charge in [-0.15, -0.1) is 0 Å². The van der Waals surface area contributed by atoms with Crippen molar-refractivity contribution in [3.8, 4) is 0 Å². The molecular weight excluding hydrogens is 392 g/mol. The number of aliphatic hydroxyl groups is 3. The molecule has 1 spiro atoms. The van der Waals surface area contributed by atoms with Gasteiger partial charge in [0.15, 0.2) is 0 Å². The van der Waals surface area contributed by atoms with Gasteiger partial charge in [-0.05, 0) is 60.5 Å². The van der Waals surface area contributed by atoms with Crippen molar-refractivity contribution in [3.05, 3.63) is 24.2 Å². The maximum absolute atomic E-state index is 11.8. The van der Waals surface area contributed by atoms with E-state index in [2.05, 4.69) is 40.7 Å². The summed E-state index contributed by atoms with van der Waals surface area (Å²) in [5.74, 6) is 0.586. The Balaban J connectivity index is 1.48. The predicted octanol–water partition coefficient (Wildman–Crippen LogP) is 3.87. The number of hydrogen-bond acceptors (Lipinski definition) is 5. The molecule has 0 aromatic carbocycles. The largest absolute Gasteiger partial charge is 0.472 e. The molecule has 2 heterocycles. The topological polar surface area (TPSA) is 86.4 Å². The fraction of sp³-hybridized carbons (Fsp3) is 0.846. The van der Waals surface area contributed by atoms with Crippen LogP contribution in [-0.2, 0) is 4.74 Å². The predicted molar refractivity (Wildman–Crippen MR) is 115 cm³/mol. The van der Waals surface area contributed by atoms with Crippen LogP contribution < -0.4 is 0 Å². The summed E-state index contributed by atoms with van der Waals surface area (Å²) in [7, 11) is 0. The maximum atomic E-state index is 11.8. The minimum absolute atomic E-state index is 0.0639. The van der Waals surface area contributed by atoms with E-state index in [1.807, 2.05) is 6.26 Å².